The van der Waals surface area contributed by atoms with Gasteiger partial charge in [0.25, 0.3) is 0 Å². The fourth-order valence-corrected chi connectivity index (χ4v) is 2.13. The molecule has 0 saturated carbocycles. The van der Waals surface area contributed by atoms with Crippen molar-refractivity contribution in [2.24, 2.45) is 0 Å². The minimum Gasteiger partial charge on any atom is -0.475 e. The van der Waals surface area contributed by atoms with Crippen LogP contribution in [-0.2, 0) is 11.3 Å². The standard InChI is InChI=1S/C13H13F3N4O.C2HF3O2/c14-10-1-2-12(21-13(15)16)8(3-10)6-20-7-11(18-19-20)9-4-17-5-9;3-2(4,5)1(6)7/h1-3,7,9,13,17H,4-6H2;(H,6,7). The zero-order chi connectivity index (χ0) is 20.9. The predicted molar refractivity (Wildman–Crippen MR) is 81.5 cm³/mol. The highest BCUT2D eigenvalue weighted by molar-refractivity contribution is 5.73. The van der Waals surface area contributed by atoms with Crippen molar-refractivity contribution in [3.63, 3.8) is 0 Å². The number of ether oxygens (including phenoxy) is 1. The molecular formula is C15H14F6N4O3. The molecule has 13 heteroatoms. The molecule has 1 aliphatic rings. The molecule has 1 saturated heterocycles. The van der Waals surface area contributed by atoms with E-state index >= 15 is 0 Å². The van der Waals surface area contributed by atoms with E-state index < -0.39 is 24.6 Å². The zero-order valence-corrected chi connectivity index (χ0v) is 14.0. The van der Waals surface area contributed by atoms with E-state index in [-0.39, 0.29) is 12.3 Å². The van der Waals surface area contributed by atoms with E-state index in [4.69, 9.17) is 9.90 Å². The lowest BCUT2D eigenvalue weighted by Crippen LogP contribution is -2.40. The Balaban J connectivity index is 0.000000345. The van der Waals surface area contributed by atoms with Crippen LogP contribution in [0.4, 0.5) is 26.3 Å². The molecule has 0 bridgehead atoms. The monoisotopic (exact) mass is 412 g/mol. The zero-order valence-electron chi connectivity index (χ0n) is 14.0. The highest BCUT2D eigenvalue weighted by Gasteiger charge is 2.38. The van der Waals surface area contributed by atoms with Crippen LogP contribution in [0, 0.1) is 5.82 Å². The molecular weight excluding hydrogens is 398 g/mol. The van der Waals surface area contributed by atoms with Crippen molar-refractivity contribution < 1.29 is 41.0 Å². The Bertz CT molecular complexity index is 807. The Morgan fingerprint density at radius 3 is 2.50 bits per heavy atom. The molecule has 0 radical (unpaired) electrons. The summed E-state index contributed by atoms with van der Waals surface area (Å²) in [5.41, 5.74) is 1.12. The molecule has 1 aliphatic heterocycles. The van der Waals surface area contributed by atoms with Gasteiger partial charge in [-0.1, -0.05) is 5.21 Å². The molecule has 2 heterocycles. The van der Waals surface area contributed by atoms with Gasteiger partial charge < -0.3 is 15.2 Å². The lowest BCUT2D eigenvalue weighted by molar-refractivity contribution is -0.192. The maximum atomic E-state index is 13.3. The van der Waals surface area contributed by atoms with Gasteiger partial charge in [-0.2, -0.15) is 22.0 Å². The first-order chi connectivity index (χ1) is 13.1. The highest BCUT2D eigenvalue weighted by Crippen LogP contribution is 2.23. The Labute approximate surface area is 153 Å². The van der Waals surface area contributed by atoms with Gasteiger partial charge in [0.15, 0.2) is 0 Å². The number of hydrogen-bond donors (Lipinski definition) is 2. The molecule has 28 heavy (non-hydrogen) atoms. The van der Waals surface area contributed by atoms with E-state index in [0.717, 1.165) is 30.9 Å². The molecule has 0 atom stereocenters. The van der Waals surface area contributed by atoms with Crippen molar-refractivity contribution in [2.75, 3.05) is 13.1 Å². The lowest BCUT2D eigenvalue weighted by Gasteiger charge is -2.24. The van der Waals surface area contributed by atoms with Crippen LogP contribution in [-0.4, -0.2) is 51.9 Å². The Morgan fingerprint density at radius 2 is 2.00 bits per heavy atom. The SMILES string of the molecule is Fc1ccc(OC(F)F)c(Cn2cc(C3CNC3)nn2)c1.O=C(O)C(F)(F)F. The van der Waals surface area contributed by atoms with Crippen molar-refractivity contribution in [3.8, 4) is 5.75 Å². The van der Waals surface area contributed by atoms with Crippen LogP contribution in [0.1, 0.15) is 17.2 Å². The van der Waals surface area contributed by atoms with Gasteiger partial charge in [-0.3, -0.25) is 0 Å². The van der Waals surface area contributed by atoms with Crippen LogP contribution in [0.25, 0.3) is 0 Å². The molecule has 2 N–H and O–H groups in total. The summed E-state index contributed by atoms with van der Waals surface area (Å²) in [4.78, 5) is 8.90. The lowest BCUT2D eigenvalue weighted by atomic mass is 10.0. The number of alkyl halides is 5. The van der Waals surface area contributed by atoms with Crippen molar-refractivity contribution in [3.05, 3.63) is 41.5 Å². The third kappa shape index (κ3) is 6.11. The van der Waals surface area contributed by atoms with E-state index in [1.165, 1.54) is 10.7 Å². The number of nitrogens with zero attached hydrogens (tertiary/aromatic N) is 3. The third-order valence-corrected chi connectivity index (χ3v) is 3.57. The second-order valence-electron chi connectivity index (χ2n) is 5.63. The summed E-state index contributed by atoms with van der Waals surface area (Å²) in [5.74, 6) is -3.01. The summed E-state index contributed by atoms with van der Waals surface area (Å²) >= 11 is 0. The summed E-state index contributed by atoms with van der Waals surface area (Å²) in [6, 6.07) is 3.42. The summed E-state index contributed by atoms with van der Waals surface area (Å²) in [7, 11) is 0. The topological polar surface area (TPSA) is 89.3 Å². The molecule has 0 spiro atoms. The van der Waals surface area contributed by atoms with Crippen LogP contribution in [0.15, 0.2) is 24.4 Å². The maximum absolute atomic E-state index is 13.3. The number of hydrogen-bond acceptors (Lipinski definition) is 5. The van der Waals surface area contributed by atoms with Gasteiger partial charge in [0.05, 0.1) is 12.2 Å². The number of carboxylic acids is 1. The van der Waals surface area contributed by atoms with Crippen LogP contribution < -0.4 is 10.1 Å². The third-order valence-electron chi connectivity index (χ3n) is 3.57. The highest BCUT2D eigenvalue weighted by atomic mass is 19.4. The van der Waals surface area contributed by atoms with Crippen LogP contribution in [0.3, 0.4) is 0 Å². The van der Waals surface area contributed by atoms with Crippen molar-refractivity contribution >= 4 is 5.97 Å². The largest absolute Gasteiger partial charge is 0.490 e. The van der Waals surface area contributed by atoms with Crippen LogP contribution >= 0.6 is 0 Å². The normalized spacial score (nSPS) is 14.2. The van der Waals surface area contributed by atoms with E-state index in [9.17, 15) is 26.3 Å². The van der Waals surface area contributed by atoms with Crippen molar-refractivity contribution in [1.29, 1.82) is 0 Å². The summed E-state index contributed by atoms with van der Waals surface area (Å²) in [6.07, 6.45) is -3.34. The molecule has 0 unspecified atom stereocenters. The summed E-state index contributed by atoms with van der Waals surface area (Å²) in [5, 5.41) is 18.2. The number of rotatable bonds is 5. The summed E-state index contributed by atoms with van der Waals surface area (Å²) < 4.78 is 75.6. The number of benzene rings is 1. The van der Waals surface area contributed by atoms with Crippen LogP contribution in [0.2, 0.25) is 0 Å². The minimum absolute atomic E-state index is 0.0613. The number of carboxylic acid groups (broad SMARTS) is 1. The smallest absolute Gasteiger partial charge is 0.475 e. The molecule has 0 aliphatic carbocycles. The van der Waals surface area contributed by atoms with Gasteiger partial charge in [-0.05, 0) is 18.2 Å². The first-order valence-electron chi connectivity index (χ1n) is 7.70. The molecule has 154 valence electrons. The van der Waals surface area contributed by atoms with Crippen molar-refractivity contribution in [1.82, 2.24) is 20.3 Å². The molecule has 3 rings (SSSR count). The van der Waals surface area contributed by atoms with Gasteiger partial charge in [-0.25, -0.2) is 13.9 Å². The van der Waals surface area contributed by atoms with E-state index in [0.29, 0.717) is 11.5 Å². The number of aliphatic carboxylic acids is 1. The van der Waals surface area contributed by atoms with Crippen molar-refractivity contribution in [2.45, 2.75) is 25.3 Å². The maximum Gasteiger partial charge on any atom is 0.490 e. The first-order valence-corrected chi connectivity index (χ1v) is 7.70. The number of aromatic nitrogens is 3. The Kier molecular flexibility index (Phi) is 6.83. The van der Waals surface area contributed by atoms with Gasteiger partial charge >= 0.3 is 18.8 Å². The fourth-order valence-electron chi connectivity index (χ4n) is 2.13. The quantitative estimate of drug-likeness (QED) is 0.734. The minimum atomic E-state index is -5.08. The van der Waals surface area contributed by atoms with Gasteiger partial charge in [0, 0.05) is 30.8 Å². The Morgan fingerprint density at radius 1 is 1.36 bits per heavy atom. The average Bonchev–Trinajstić information content (AvgIpc) is 2.95. The second kappa shape index (κ2) is 8.91. The van der Waals surface area contributed by atoms with E-state index in [1.54, 1.807) is 6.20 Å². The fraction of sp³-hybridized carbons (Fsp3) is 0.400. The molecule has 1 fully saturated rings. The van der Waals surface area contributed by atoms with Gasteiger partial charge in [-0.15, -0.1) is 5.10 Å². The molecule has 7 nitrogen and oxygen atoms in total. The van der Waals surface area contributed by atoms with E-state index in [2.05, 4.69) is 20.4 Å². The van der Waals surface area contributed by atoms with E-state index in [1.807, 2.05) is 0 Å². The number of carbonyl (C=O) groups is 1. The van der Waals surface area contributed by atoms with Gasteiger partial charge in [0.1, 0.15) is 11.6 Å². The van der Waals surface area contributed by atoms with Gasteiger partial charge in [0.2, 0.25) is 0 Å². The molecule has 1 aromatic carbocycles. The van der Waals surface area contributed by atoms with Crippen LogP contribution in [0.5, 0.6) is 5.75 Å². The predicted octanol–water partition coefficient (Wildman–Crippen LogP) is 2.39. The Hall–Kier alpha value is -2.83. The number of nitrogens with one attached hydrogen (secondary N) is 1. The number of halogens is 6. The molecule has 1 aromatic heterocycles. The summed E-state index contributed by atoms with van der Waals surface area (Å²) in [6.45, 7) is -1.15. The second-order valence-corrected chi connectivity index (χ2v) is 5.63. The average molecular weight is 412 g/mol. The molecule has 2 aromatic rings. The molecule has 0 amide bonds. The first kappa shape index (κ1) is 21.5.